The second-order valence-corrected chi connectivity index (χ2v) is 16.1. The van der Waals surface area contributed by atoms with Crippen molar-refractivity contribution in [3.63, 3.8) is 0 Å². The zero-order valence-corrected chi connectivity index (χ0v) is 31.5. The highest BCUT2D eigenvalue weighted by atomic mass is 32.2. The summed E-state index contributed by atoms with van der Waals surface area (Å²) in [5.74, 6) is -1.27. The minimum Gasteiger partial charge on any atom is -0.455 e. The van der Waals surface area contributed by atoms with Crippen LogP contribution < -0.4 is 11.1 Å². The molecule has 3 N–H and O–H groups in total. The molecule has 2 fully saturated rings. The van der Waals surface area contributed by atoms with Gasteiger partial charge in [0.25, 0.3) is 11.8 Å². The third-order valence-electron chi connectivity index (χ3n) is 9.41. The number of esters is 1. The predicted octanol–water partition coefficient (Wildman–Crippen LogP) is 5.63. The van der Waals surface area contributed by atoms with Crippen LogP contribution >= 0.6 is 23.1 Å². The lowest BCUT2D eigenvalue weighted by Crippen LogP contribution is -2.71. The first kappa shape index (κ1) is 36.4. The number of carbonyl (C=O) groups excluding carboxylic acids is 3. The molecular weight excluding hydrogens is 711 g/mol. The first-order valence-electron chi connectivity index (χ1n) is 17.4. The predicted molar refractivity (Wildman–Crippen MR) is 205 cm³/mol. The van der Waals surface area contributed by atoms with Gasteiger partial charge >= 0.3 is 5.97 Å². The Bertz CT molecular complexity index is 1960. The Morgan fingerprint density at radius 3 is 2.06 bits per heavy atom. The fraction of sp³-hybridized carbons (Fsp3) is 0.325. The van der Waals surface area contributed by atoms with Gasteiger partial charge in [-0.05, 0) is 55.9 Å². The average Bonchev–Trinajstić information content (AvgIpc) is 3.83. The van der Waals surface area contributed by atoms with E-state index in [1.165, 1.54) is 35.1 Å². The summed E-state index contributed by atoms with van der Waals surface area (Å²) in [6.07, 6.45) is 1.34. The summed E-state index contributed by atoms with van der Waals surface area (Å²) in [6, 6.07) is 29.1. The number of oxime groups is 1. The van der Waals surface area contributed by atoms with Gasteiger partial charge in [0.05, 0.1) is 11.5 Å². The zero-order valence-electron chi connectivity index (χ0n) is 29.9. The molecule has 2 amide bonds. The van der Waals surface area contributed by atoms with Crippen LogP contribution in [0, 0.1) is 0 Å². The number of ether oxygens (including phenoxy) is 2. The summed E-state index contributed by atoms with van der Waals surface area (Å²) in [5.41, 5.74) is 8.81. The number of thioether (sulfide) groups is 1. The van der Waals surface area contributed by atoms with Crippen LogP contribution in [0.3, 0.4) is 0 Å². The molecule has 274 valence electrons. The van der Waals surface area contributed by atoms with Gasteiger partial charge in [0.15, 0.2) is 5.71 Å². The maximum Gasteiger partial charge on any atom is 0.355 e. The van der Waals surface area contributed by atoms with Crippen LogP contribution in [0.15, 0.2) is 107 Å². The number of β-lactam (4-membered cyclic amide) rings is 1. The Hall–Kier alpha value is -4.98. The van der Waals surface area contributed by atoms with E-state index in [1.54, 1.807) is 20.8 Å². The molecule has 0 aliphatic carbocycles. The molecule has 0 saturated carbocycles. The number of nitrogens with one attached hydrogen (secondary N) is 1. The SMILES string of the molecule is CO/N=C(\C(=O)N[C@@H]1C(=O)N2C(C(=O)OC(C)(C)C)=C(C3CCCO3)CS[C@H]12)c1nc(C(c2ccccc2)(c2ccccc2)c2ccccc2)sc1N. The fourth-order valence-electron chi connectivity index (χ4n) is 7.15. The Morgan fingerprint density at radius 1 is 0.962 bits per heavy atom. The van der Waals surface area contributed by atoms with Gasteiger partial charge in [0, 0.05) is 12.4 Å². The van der Waals surface area contributed by atoms with Crippen LogP contribution in [0.2, 0.25) is 0 Å². The quantitative estimate of drug-likeness (QED) is 0.0692. The van der Waals surface area contributed by atoms with Gasteiger partial charge in [-0.15, -0.1) is 11.8 Å². The molecule has 0 radical (unpaired) electrons. The van der Waals surface area contributed by atoms with Crippen LogP contribution in [0.25, 0.3) is 0 Å². The lowest BCUT2D eigenvalue weighted by Gasteiger charge is -2.50. The van der Waals surface area contributed by atoms with Crippen molar-refractivity contribution in [2.45, 2.75) is 62.1 Å². The number of nitrogens with zero attached hydrogens (tertiary/aromatic N) is 3. The van der Waals surface area contributed by atoms with Crippen LogP contribution in [0.1, 0.15) is 61.0 Å². The molecule has 3 aliphatic rings. The van der Waals surface area contributed by atoms with Crippen molar-refractivity contribution in [1.29, 1.82) is 0 Å². The first-order valence-corrected chi connectivity index (χ1v) is 19.3. The van der Waals surface area contributed by atoms with Gasteiger partial charge < -0.3 is 25.4 Å². The molecule has 11 nitrogen and oxygen atoms in total. The van der Waals surface area contributed by atoms with Crippen molar-refractivity contribution in [2.24, 2.45) is 5.16 Å². The summed E-state index contributed by atoms with van der Waals surface area (Å²) in [5, 5.41) is 7.27. The van der Waals surface area contributed by atoms with E-state index in [9.17, 15) is 14.4 Å². The number of fused-ring (bicyclic) bond motifs is 1. The van der Waals surface area contributed by atoms with Gasteiger partial charge in [-0.1, -0.05) is 107 Å². The van der Waals surface area contributed by atoms with E-state index in [0.29, 0.717) is 17.4 Å². The lowest BCUT2D eigenvalue weighted by atomic mass is 9.70. The van der Waals surface area contributed by atoms with Crippen LogP contribution in [0.5, 0.6) is 0 Å². The second-order valence-electron chi connectivity index (χ2n) is 13.9. The smallest absolute Gasteiger partial charge is 0.355 e. The summed E-state index contributed by atoms with van der Waals surface area (Å²) in [7, 11) is 1.33. The van der Waals surface area contributed by atoms with E-state index < -0.39 is 40.2 Å². The molecular formula is C40H41N5O6S2. The number of aromatic nitrogens is 1. The van der Waals surface area contributed by atoms with E-state index >= 15 is 0 Å². The summed E-state index contributed by atoms with van der Waals surface area (Å²) >= 11 is 2.72. The largest absolute Gasteiger partial charge is 0.455 e. The monoisotopic (exact) mass is 751 g/mol. The number of benzene rings is 3. The average molecular weight is 752 g/mol. The summed E-state index contributed by atoms with van der Waals surface area (Å²) < 4.78 is 11.7. The molecule has 13 heteroatoms. The highest BCUT2D eigenvalue weighted by molar-refractivity contribution is 8.00. The topological polar surface area (TPSA) is 145 Å². The van der Waals surface area contributed by atoms with E-state index in [4.69, 9.17) is 25.0 Å². The molecule has 3 aliphatic heterocycles. The maximum atomic E-state index is 14.1. The third kappa shape index (κ3) is 6.73. The van der Waals surface area contributed by atoms with Crippen molar-refractivity contribution in [3.05, 3.63) is 130 Å². The fourth-order valence-corrected chi connectivity index (χ4v) is 9.65. The number of hydrogen-bond donors (Lipinski definition) is 2. The van der Waals surface area contributed by atoms with Gasteiger partial charge in [-0.2, -0.15) is 0 Å². The molecule has 7 rings (SSSR count). The van der Waals surface area contributed by atoms with E-state index in [1.807, 2.05) is 91.0 Å². The lowest BCUT2D eigenvalue weighted by molar-refractivity contribution is -0.159. The van der Waals surface area contributed by atoms with E-state index in [2.05, 4.69) is 10.5 Å². The number of hydrogen-bond acceptors (Lipinski definition) is 11. The van der Waals surface area contributed by atoms with E-state index in [-0.39, 0.29) is 28.2 Å². The van der Waals surface area contributed by atoms with Crippen molar-refractivity contribution < 1.29 is 28.7 Å². The minimum atomic E-state index is -0.950. The van der Waals surface area contributed by atoms with Crippen LogP contribution in [-0.2, 0) is 34.1 Å². The van der Waals surface area contributed by atoms with Crippen molar-refractivity contribution >= 4 is 51.6 Å². The zero-order chi connectivity index (χ0) is 37.3. The normalized spacial score (nSPS) is 20.5. The molecule has 3 atom stereocenters. The third-order valence-corrected chi connectivity index (χ3v) is 11.7. The van der Waals surface area contributed by atoms with Gasteiger partial charge in [0.2, 0.25) is 0 Å². The molecule has 53 heavy (non-hydrogen) atoms. The molecule has 1 unspecified atom stereocenters. The number of carbonyl (C=O) groups is 3. The first-order chi connectivity index (χ1) is 25.5. The number of nitrogens with two attached hydrogens (primary N) is 1. The molecule has 0 spiro atoms. The number of amides is 2. The number of anilines is 1. The van der Waals surface area contributed by atoms with Gasteiger partial charge in [-0.25, -0.2) is 9.78 Å². The Morgan fingerprint density at radius 2 is 1.55 bits per heavy atom. The molecule has 1 aromatic heterocycles. The number of nitrogen functional groups attached to an aromatic ring is 1. The van der Waals surface area contributed by atoms with Crippen molar-refractivity contribution in [3.8, 4) is 0 Å². The Balaban J connectivity index is 1.23. The minimum absolute atomic E-state index is 0.131. The van der Waals surface area contributed by atoms with Crippen molar-refractivity contribution in [1.82, 2.24) is 15.2 Å². The number of rotatable bonds is 10. The van der Waals surface area contributed by atoms with Gasteiger partial charge in [-0.3, -0.25) is 14.5 Å². The van der Waals surface area contributed by atoms with Crippen LogP contribution in [0.4, 0.5) is 5.00 Å². The highest BCUT2D eigenvalue weighted by Crippen LogP contribution is 2.48. The molecule has 4 heterocycles. The molecule has 3 aromatic carbocycles. The second kappa shape index (κ2) is 14.8. The molecule has 2 saturated heterocycles. The molecule has 0 bridgehead atoms. The Labute approximate surface area is 316 Å². The molecule has 4 aromatic rings. The standard InChI is InChI=1S/C40H41N5O6S2/c1-39(2,3)51-37(48)32-27(28-21-14-22-50-28)23-52-36-31(35(47)45(32)36)42-34(46)30(44-49-4)29-33(41)53-38(43-29)40(24-15-8-5-9-16-24,25-17-10-6-11-18-25)26-19-12-7-13-20-26/h5-13,15-20,28,31,36H,14,21-23,41H2,1-4H3,(H,42,46)/b44-30-/t28?,31-,36-/m1/s1. The number of thiazole rings is 1. The van der Waals surface area contributed by atoms with E-state index in [0.717, 1.165) is 35.1 Å². The van der Waals surface area contributed by atoms with Crippen molar-refractivity contribution in [2.75, 3.05) is 25.2 Å². The highest BCUT2D eigenvalue weighted by Gasteiger charge is 2.56. The summed E-state index contributed by atoms with van der Waals surface area (Å²) in [6.45, 7) is 5.93. The van der Waals surface area contributed by atoms with Gasteiger partial charge in [0.1, 0.15) is 45.5 Å². The van der Waals surface area contributed by atoms with Crippen LogP contribution in [-0.4, -0.2) is 76.0 Å². The summed E-state index contributed by atoms with van der Waals surface area (Å²) in [4.78, 5) is 53.2. The maximum absolute atomic E-state index is 14.1. The Kier molecular flexibility index (Phi) is 10.2.